The highest BCUT2D eigenvalue weighted by atomic mass is 35.5. The molecule has 0 unspecified atom stereocenters. The normalized spacial score (nSPS) is 20.2. The van der Waals surface area contributed by atoms with Crippen LogP contribution in [0.1, 0.15) is 43.7 Å². The Bertz CT molecular complexity index is 661. The van der Waals surface area contributed by atoms with Crippen LogP contribution in [0.4, 0.5) is 0 Å². The Balaban J connectivity index is 0.00000121. The summed E-state index contributed by atoms with van der Waals surface area (Å²) in [6.07, 6.45) is 9.17. The molecular formula is C20H31Cl2N3O. The molecule has 0 amide bonds. The van der Waals surface area contributed by atoms with E-state index in [4.69, 9.17) is 4.74 Å². The summed E-state index contributed by atoms with van der Waals surface area (Å²) in [7, 11) is 1.75. The zero-order valence-electron chi connectivity index (χ0n) is 15.5. The van der Waals surface area contributed by atoms with Gasteiger partial charge in [0.25, 0.3) is 0 Å². The molecule has 1 aliphatic carbocycles. The maximum absolute atomic E-state index is 5.48. The first kappa shape index (κ1) is 21.4. The van der Waals surface area contributed by atoms with E-state index in [0.29, 0.717) is 6.04 Å². The van der Waals surface area contributed by atoms with Gasteiger partial charge in [-0.3, -0.25) is 4.90 Å². The van der Waals surface area contributed by atoms with Crippen LogP contribution in [-0.2, 0) is 0 Å². The van der Waals surface area contributed by atoms with Gasteiger partial charge in [-0.05, 0) is 42.5 Å². The van der Waals surface area contributed by atoms with E-state index in [0.717, 1.165) is 37.8 Å². The van der Waals surface area contributed by atoms with E-state index in [2.05, 4.69) is 33.5 Å². The van der Waals surface area contributed by atoms with Gasteiger partial charge in [0.05, 0.1) is 7.11 Å². The van der Waals surface area contributed by atoms with Crippen molar-refractivity contribution in [3.63, 3.8) is 0 Å². The van der Waals surface area contributed by atoms with Gasteiger partial charge in [-0.15, -0.1) is 24.8 Å². The minimum Gasteiger partial charge on any atom is -0.497 e. The standard InChI is InChI=1S/C20H29N3O.2ClH/c1-24-16-7-8-19-17(13-16)18(14-22-19)20(15-5-3-2-4-6-15)23-11-9-21-10-12-23;;/h7-8,13-15,20-22H,2-6,9-12H2,1H3;2*1H/t20-;;/m0../s1. The molecule has 4 rings (SSSR count). The number of rotatable bonds is 4. The van der Waals surface area contributed by atoms with Crippen molar-refractivity contribution in [2.45, 2.75) is 38.1 Å². The number of fused-ring (bicyclic) bond motifs is 1. The van der Waals surface area contributed by atoms with Gasteiger partial charge >= 0.3 is 0 Å². The molecule has 2 fully saturated rings. The fourth-order valence-corrected chi connectivity index (χ4v) is 4.65. The largest absolute Gasteiger partial charge is 0.497 e. The lowest BCUT2D eigenvalue weighted by Gasteiger charge is -2.41. The summed E-state index contributed by atoms with van der Waals surface area (Å²) in [5.74, 6) is 1.73. The second-order valence-electron chi connectivity index (χ2n) is 7.28. The van der Waals surface area contributed by atoms with E-state index in [1.54, 1.807) is 7.11 Å². The Labute approximate surface area is 168 Å². The number of aromatic amines is 1. The summed E-state index contributed by atoms with van der Waals surface area (Å²) in [6.45, 7) is 4.51. The Morgan fingerprint density at radius 2 is 1.81 bits per heavy atom. The molecule has 2 N–H and O–H groups in total. The zero-order chi connectivity index (χ0) is 16.4. The maximum atomic E-state index is 5.48. The number of halogens is 2. The SMILES string of the molecule is COc1ccc2[nH]cc([C@H](C3CCCCC3)N3CCNCC3)c2c1.Cl.Cl. The number of benzene rings is 1. The fraction of sp³-hybridized carbons (Fsp3) is 0.600. The lowest BCUT2D eigenvalue weighted by atomic mass is 9.80. The maximum Gasteiger partial charge on any atom is 0.119 e. The molecular weight excluding hydrogens is 369 g/mol. The summed E-state index contributed by atoms with van der Waals surface area (Å²) < 4.78 is 5.48. The molecule has 1 aromatic carbocycles. The number of H-pyrrole nitrogens is 1. The summed E-state index contributed by atoms with van der Waals surface area (Å²) in [6, 6.07) is 6.93. The van der Waals surface area contributed by atoms with Gasteiger partial charge in [0.15, 0.2) is 0 Å². The zero-order valence-corrected chi connectivity index (χ0v) is 17.1. The van der Waals surface area contributed by atoms with Gasteiger partial charge in [-0.1, -0.05) is 19.3 Å². The fourth-order valence-electron chi connectivity index (χ4n) is 4.65. The summed E-state index contributed by atoms with van der Waals surface area (Å²) in [5, 5.41) is 4.84. The van der Waals surface area contributed by atoms with E-state index in [-0.39, 0.29) is 24.8 Å². The third-order valence-corrected chi connectivity index (χ3v) is 5.88. The predicted octanol–water partition coefficient (Wildman–Crippen LogP) is 4.55. The summed E-state index contributed by atoms with van der Waals surface area (Å²) in [5.41, 5.74) is 2.69. The number of nitrogens with zero attached hydrogens (tertiary/aromatic N) is 1. The van der Waals surface area contributed by atoms with E-state index < -0.39 is 0 Å². The van der Waals surface area contributed by atoms with Gasteiger partial charge in [0, 0.05) is 49.3 Å². The monoisotopic (exact) mass is 399 g/mol. The van der Waals surface area contributed by atoms with Crippen LogP contribution >= 0.6 is 24.8 Å². The quantitative estimate of drug-likeness (QED) is 0.791. The minimum absolute atomic E-state index is 0. The second kappa shape index (κ2) is 9.84. The molecule has 0 bridgehead atoms. The number of ether oxygens (including phenoxy) is 1. The molecule has 1 aliphatic heterocycles. The van der Waals surface area contributed by atoms with Crippen molar-refractivity contribution in [2.24, 2.45) is 5.92 Å². The third kappa shape index (κ3) is 4.30. The highest BCUT2D eigenvalue weighted by Gasteiger charge is 2.32. The van der Waals surface area contributed by atoms with E-state index in [9.17, 15) is 0 Å². The Morgan fingerprint density at radius 1 is 1.08 bits per heavy atom. The predicted molar refractivity (Wildman–Crippen MR) is 113 cm³/mol. The lowest BCUT2D eigenvalue weighted by molar-refractivity contribution is 0.104. The number of hydrogen-bond acceptors (Lipinski definition) is 3. The first-order chi connectivity index (χ1) is 11.9. The molecule has 1 aromatic heterocycles. The van der Waals surface area contributed by atoms with E-state index >= 15 is 0 Å². The van der Waals surface area contributed by atoms with E-state index in [1.165, 1.54) is 48.6 Å². The molecule has 1 atom stereocenters. The second-order valence-corrected chi connectivity index (χ2v) is 7.28. The summed E-state index contributed by atoms with van der Waals surface area (Å²) >= 11 is 0. The molecule has 146 valence electrons. The van der Waals surface area contributed by atoms with Crippen LogP contribution in [0.15, 0.2) is 24.4 Å². The van der Waals surface area contributed by atoms with Crippen molar-refractivity contribution >= 4 is 35.7 Å². The highest BCUT2D eigenvalue weighted by molar-refractivity contribution is 5.86. The van der Waals surface area contributed by atoms with Gasteiger partial charge in [0.2, 0.25) is 0 Å². The Morgan fingerprint density at radius 3 is 2.50 bits per heavy atom. The third-order valence-electron chi connectivity index (χ3n) is 5.88. The molecule has 2 aliphatic rings. The minimum atomic E-state index is 0. The topological polar surface area (TPSA) is 40.3 Å². The molecule has 0 spiro atoms. The molecule has 1 saturated heterocycles. The number of piperazine rings is 1. The highest BCUT2D eigenvalue weighted by Crippen LogP contribution is 2.41. The number of methoxy groups -OCH3 is 1. The van der Waals surface area contributed by atoms with Crippen molar-refractivity contribution in [3.05, 3.63) is 30.0 Å². The van der Waals surface area contributed by atoms with Crippen LogP contribution < -0.4 is 10.1 Å². The lowest BCUT2D eigenvalue weighted by Crippen LogP contribution is -2.47. The Hall–Kier alpha value is -0.940. The van der Waals surface area contributed by atoms with Gasteiger partial charge in [0.1, 0.15) is 5.75 Å². The van der Waals surface area contributed by atoms with Crippen molar-refractivity contribution in [2.75, 3.05) is 33.3 Å². The van der Waals surface area contributed by atoms with Crippen molar-refractivity contribution in [3.8, 4) is 5.75 Å². The van der Waals surface area contributed by atoms with Crippen LogP contribution in [0.3, 0.4) is 0 Å². The smallest absolute Gasteiger partial charge is 0.119 e. The van der Waals surface area contributed by atoms with Crippen molar-refractivity contribution < 1.29 is 4.74 Å². The average molecular weight is 400 g/mol. The van der Waals surface area contributed by atoms with Crippen molar-refractivity contribution in [1.82, 2.24) is 15.2 Å². The molecule has 1 saturated carbocycles. The molecule has 2 aromatic rings. The number of aromatic nitrogens is 1. The van der Waals surface area contributed by atoms with E-state index in [1.807, 2.05) is 6.07 Å². The van der Waals surface area contributed by atoms with Gasteiger partial charge in [-0.25, -0.2) is 0 Å². The van der Waals surface area contributed by atoms with Crippen LogP contribution in [0.25, 0.3) is 10.9 Å². The number of hydrogen-bond donors (Lipinski definition) is 2. The molecule has 4 nitrogen and oxygen atoms in total. The molecule has 0 radical (unpaired) electrons. The van der Waals surface area contributed by atoms with Crippen LogP contribution in [0.5, 0.6) is 5.75 Å². The van der Waals surface area contributed by atoms with Crippen LogP contribution in [0, 0.1) is 5.92 Å². The summed E-state index contributed by atoms with van der Waals surface area (Å²) in [4.78, 5) is 6.22. The van der Waals surface area contributed by atoms with Gasteiger partial charge < -0.3 is 15.0 Å². The average Bonchev–Trinajstić information content (AvgIpc) is 3.07. The first-order valence-electron chi connectivity index (χ1n) is 9.46. The first-order valence-corrected chi connectivity index (χ1v) is 9.46. The van der Waals surface area contributed by atoms with Crippen molar-refractivity contribution in [1.29, 1.82) is 0 Å². The number of nitrogens with one attached hydrogen (secondary N) is 2. The van der Waals surface area contributed by atoms with Crippen LogP contribution in [0.2, 0.25) is 0 Å². The molecule has 26 heavy (non-hydrogen) atoms. The van der Waals surface area contributed by atoms with Gasteiger partial charge in [-0.2, -0.15) is 0 Å². The molecule has 6 heteroatoms. The Kier molecular flexibility index (Phi) is 8.08. The van der Waals surface area contributed by atoms with Crippen LogP contribution in [-0.4, -0.2) is 43.2 Å². The molecule has 2 heterocycles.